The van der Waals surface area contributed by atoms with Crippen LogP contribution in [0.15, 0.2) is 0 Å². The molecule has 3 nitrogen and oxygen atoms in total. The third-order valence-electron chi connectivity index (χ3n) is 3.20. The van der Waals surface area contributed by atoms with Gasteiger partial charge in [0.1, 0.15) is 0 Å². The summed E-state index contributed by atoms with van der Waals surface area (Å²) in [6.45, 7) is 0.676. The van der Waals surface area contributed by atoms with E-state index in [4.69, 9.17) is 10.8 Å². The van der Waals surface area contributed by atoms with Gasteiger partial charge in [0.15, 0.2) is 0 Å². The molecule has 0 amide bonds. The van der Waals surface area contributed by atoms with E-state index in [1.807, 2.05) is 0 Å². The molecule has 0 aromatic rings. The smallest absolute Gasteiger partial charge is 0.306 e. The van der Waals surface area contributed by atoms with Crippen LogP contribution in [-0.2, 0) is 4.79 Å². The van der Waals surface area contributed by atoms with Crippen molar-refractivity contribution >= 4 is 5.97 Å². The fourth-order valence-electron chi connectivity index (χ4n) is 2.01. The summed E-state index contributed by atoms with van der Waals surface area (Å²) in [4.78, 5) is 10.9. The molecule has 14 heavy (non-hydrogen) atoms. The molecule has 1 aliphatic carbocycles. The Balaban J connectivity index is 2.19. The van der Waals surface area contributed by atoms with Gasteiger partial charge in [0.05, 0.1) is 5.92 Å². The standard InChI is InChI=1S/C11H21NO2/c12-7-2-1-6-10(11(13)14)8-9-4-3-5-9/h9-10H,1-8,12H2,(H,13,14). The maximum Gasteiger partial charge on any atom is 0.306 e. The molecule has 0 aromatic heterocycles. The molecule has 3 N–H and O–H groups in total. The Morgan fingerprint density at radius 1 is 1.43 bits per heavy atom. The molecule has 1 saturated carbocycles. The number of hydrogen-bond acceptors (Lipinski definition) is 2. The largest absolute Gasteiger partial charge is 0.481 e. The monoisotopic (exact) mass is 199 g/mol. The summed E-state index contributed by atoms with van der Waals surface area (Å²) in [6.07, 6.45) is 7.37. The second kappa shape index (κ2) is 6.02. The zero-order chi connectivity index (χ0) is 10.4. The van der Waals surface area contributed by atoms with Crippen molar-refractivity contribution in [2.75, 3.05) is 6.54 Å². The molecule has 0 saturated heterocycles. The first-order valence-electron chi connectivity index (χ1n) is 5.67. The highest BCUT2D eigenvalue weighted by Gasteiger charge is 2.25. The van der Waals surface area contributed by atoms with E-state index < -0.39 is 5.97 Å². The van der Waals surface area contributed by atoms with Crippen LogP contribution in [0.1, 0.15) is 44.9 Å². The summed E-state index contributed by atoms with van der Waals surface area (Å²) in [5, 5.41) is 9.01. The lowest BCUT2D eigenvalue weighted by Crippen LogP contribution is -2.22. The van der Waals surface area contributed by atoms with Gasteiger partial charge >= 0.3 is 5.97 Å². The van der Waals surface area contributed by atoms with Gasteiger partial charge < -0.3 is 10.8 Å². The number of carboxylic acid groups (broad SMARTS) is 1. The molecule has 1 rings (SSSR count). The number of carbonyl (C=O) groups is 1. The predicted octanol–water partition coefficient (Wildman–Crippen LogP) is 2.01. The summed E-state index contributed by atoms with van der Waals surface area (Å²) in [5.41, 5.74) is 5.38. The third kappa shape index (κ3) is 3.66. The van der Waals surface area contributed by atoms with Gasteiger partial charge in [-0.25, -0.2) is 0 Å². The van der Waals surface area contributed by atoms with Gasteiger partial charge in [-0.3, -0.25) is 4.79 Å². The number of unbranched alkanes of at least 4 members (excludes halogenated alkanes) is 1. The second-order valence-corrected chi connectivity index (χ2v) is 4.35. The van der Waals surface area contributed by atoms with Crippen molar-refractivity contribution in [1.82, 2.24) is 0 Å². The first-order chi connectivity index (χ1) is 6.74. The highest BCUT2D eigenvalue weighted by molar-refractivity contribution is 5.69. The van der Waals surface area contributed by atoms with Crippen molar-refractivity contribution < 1.29 is 9.90 Å². The van der Waals surface area contributed by atoms with E-state index in [-0.39, 0.29) is 5.92 Å². The number of aliphatic carboxylic acids is 1. The average molecular weight is 199 g/mol. The average Bonchev–Trinajstić information content (AvgIpc) is 2.07. The molecule has 1 unspecified atom stereocenters. The zero-order valence-corrected chi connectivity index (χ0v) is 8.74. The van der Waals surface area contributed by atoms with E-state index >= 15 is 0 Å². The summed E-state index contributed by atoms with van der Waals surface area (Å²) in [6, 6.07) is 0. The minimum atomic E-state index is -0.617. The van der Waals surface area contributed by atoms with E-state index in [0.717, 1.165) is 25.7 Å². The fraction of sp³-hybridized carbons (Fsp3) is 0.909. The quantitative estimate of drug-likeness (QED) is 0.616. The van der Waals surface area contributed by atoms with Crippen LogP contribution in [-0.4, -0.2) is 17.6 Å². The molecule has 0 heterocycles. The molecular weight excluding hydrogens is 178 g/mol. The van der Waals surface area contributed by atoms with Crippen molar-refractivity contribution in [2.45, 2.75) is 44.9 Å². The lowest BCUT2D eigenvalue weighted by molar-refractivity contribution is -0.142. The third-order valence-corrected chi connectivity index (χ3v) is 3.20. The molecule has 0 spiro atoms. The minimum absolute atomic E-state index is 0.119. The van der Waals surface area contributed by atoms with Crippen LogP contribution in [0.4, 0.5) is 0 Å². The molecule has 0 aromatic carbocycles. The fourth-order valence-corrected chi connectivity index (χ4v) is 2.01. The molecule has 1 fully saturated rings. The molecule has 1 atom stereocenters. The van der Waals surface area contributed by atoms with E-state index in [2.05, 4.69) is 0 Å². The van der Waals surface area contributed by atoms with Gasteiger partial charge in [-0.05, 0) is 31.7 Å². The van der Waals surface area contributed by atoms with E-state index in [1.165, 1.54) is 19.3 Å². The Bertz CT molecular complexity index is 178. The Morgan fingerprint density at radius 3 is 2.57 bits per heavy atom. The summed E-state index contributed by atoms with van der Waals surface area (Å²) in [7, 11) is 0. The first-order valence-corrected chi connectivity index (χ1v) is 5.67. The van der Waals surface area contributed by atoms with Gasteiger partial charge in [0, 0.05) is 0 Å². The Kier molecular flexibility index (Phi) is 4.94. The molecule has 0 bridgehead atoms. The van der Waals surface area contributed by atoms with E-state index in [0.29, 0.717) is 12.5 Å². The lowest BCUT2D eigenvalue weighted by Gasteiger charge is -2.28. The number of nitrogens with two attached hydrogens (primary N) is 1. The zero-order valence-electron chi connectivity index (χ0n) is 8.74. The molecular formula is C11H21NO2. The SMILES string of the molecule is NCCCCC(CC1CCC1)C(=O)O. The number of rotatable bonds is 7. The van der Waals surface area contributed by atoms with Crippen LogP contribution in [0.25, 0.3) is 0 Å². The maximum absolute atomic E-state index is 10.9. The van der Waals surface area contributed by atoms with Gasteiger partial charge in [0.2, 0.25) is 0 Å². The normalized spacial score (nSPS) is 18.9. The molecule has 1 aliphatic rings. The van der Waals surface area contributed by atoms with Gasteiger partial charge in [-0.15, -0.1) is 0 Å². The van der Waals surface area contributed by atoms with Gasteiger partial charge in [-0.2, -0.15) is 0 Å². The van der Waals surface area contributed by atoms with Crippen LogP contribution in [0.2, 0.25) is 0 Å². The first kappa shape index (κ1) is 11.5. The van der Waals surface area contributed by atoms with Crippen LogP contribution in [0.5, 0.6) is 0 Å². The highest BCUT2D eigenvalue weighted by Crippen LogP contribution is 2.33. The number of carboxylic acids is 1. The highest BCUT2D eigenvalue weighted by atomic mass is 16.4. The predicted molar refractivity (Wildman–Crippen MR) is 56.0 cm³/mol. The van der Waals surface area contributed by atoms with E-state index in [1.54, 1.807) is 0 Å². The van der Waals surface area contributed by atoms with Crippen LogP contribution in [0.3, 0.4) is 0 Å². The minimum Gasteiger partial charge on any atom is -0.481 e. The van der Waals surface area contributed by atoms with Crippen molar-refractivity contribution in [3.8, 4) is 0 Å². The van der Waals surface area contributed by atoms with Crippen LogP contribution >= 0.6 is 0 Å². The molecule has 0 aliphatic heterocycles. The van der Waals surface area contributed by atoms with Crippen LogP contribution < -0.4 is 5.73 Å². The molecule has 0 radical (unpaired) electrons. The van der Waals surface area contributed by atoms with Crippen LogP contribution in [0, 0.1) is 11.8 Å². The van der Waals surface area contributed by atoms with Crippen molar-refractivity contribution in [1.29, 1.82) is 0 Å². The number of hydrogen-bond donors (Lipinski definition) is 2. The lowest BCUT2D eigenvalue weighted by atomic mass is 9.78. The molecule has 3 heteroatoms. The van der Waals surface area contributed by atoms with Crippen molar-refractivity contribution in [3.63, 3.8) is 0 Å². The van der Waals surface area contributed by atoms with Crippen molar-refractivity contribution in [2.24, 2.45) is 17.6 Å². The topological polar surface area (TPSA) is 63.3 Å². The van der Waals surface area contributed by atoms with E-state index in [9.17, 15) is 4.79 Å². The second-order valence-electron chi connectivity index (χ2n) is 4.35. The molecule has 82 valence electrons. The van der Waals surface area contributed by atoms with Crippen molar-refractivity contribution in [3.05, 3.63) is 0 Å². The van der Waals surface area contributed by atoms with Gasteiger partial charge in [0.25, 0.3) is 0 Å². The summed E-state index contributed by atoms with van der Waals surface area (Å²) in [5.74, 6) is -0.0465. The van der Waals surface area contributed by atoms with Gasteiger partial charge in [-0.1, -0.05) is 25.7 Å². The summed E-state index contributed by atoms with van der Waals surface area (Å²) < 4.78 is 0. The summed E-state index contributed by atoms with van der Waals surface area (Å²) >= 11 is 0. The Morgan fingerprint density at radius 2 is 2.14 bits per heavy atom. The maximum atomic E-state index is 10.9. The Labute approximate surface area is 85.7 Å². The Hall–Kier alpha value is -0.570.